The van der Waals surface area contributed by atoms with Crippen molar-refractivity contribution in [3.8, 4) is 11.5 Å². The molecule has 0 aliphatic carbocycles. The number of hydrogen-bond acceptors (Lipinski definition) is 6. The number of para-hydroxylation sites is 1. The van der Waals surface area contributed by atoms with Crippen LogP contribution in [0.3, 0.4) is 0 Å². The predicted molar refractivity (Wildman–Crippen MR) is 118 cm³/mol. The summed E-state index contributed by atoms with van der Waals surface area (Å²) in [6.07, 6.45) is 0.236. The normalized spacial score (nSPS) is 18.5. The summed E-state index contributed by atoms with van der Waals surface area (Å²) in [6, 6.07) is 17.0. The van der Waals surface area contributed by atoms with Gasteiger partial charge in [-0.05, 0) is 56.2 Å². The van der Waals surface area contributed by atoms with Crippen molar-refractivity contribution in [2.75, 3.05) is 26.2 Å². The maximum Gasteiger partial charge on any atom is 0.178 e. The fourth-order valence-corrected chi connectivity index (χ4v) is 3.69. The second-order valence-electron chi connectivity index (χ2n) is 7.70. The summed E-state index contributed by atoms with van der Waals surface area (Å²) in [5.74, 6) is 1.45. The maximum absolute atomic E-state index is 10.2. The molecule has 1 heterocycles. The largest absolute Gasteiger partial charge is 0.491 e. The summed E-state index contributed by atoms with van der Waals surface area (Å²) in [5.41, 5.74) is 0. The third kappa shape index (κ3) is 7.15. The average Bonchev–Trinajstić information content (AvgIpc) is 2.77. The number of ether oxygens (including phenoxy) is 2. The SMILES string of the molecule is CC(O)C(Oc1ccc(Cl)cc1)N1CCC(NCC(O)COc2ccccc2)CC1. The average molecular weight is 435 g/mol. The molecule has 1 aliphatic heterocycles. The summed E-state index contributed by atoms with van der Waals surface area (Å²) >= 11 is 5.93. The van der Waals surface area contributed by atoms with Gasteiger partial charge in [0.05, 0.1) is 0 Å². The minimum Gasteiger partial charge on any atom is -0.491 e. The lowest BCUT2D eigenvalue weighted by atomic mass is 10.0. The van der Waals surface area contributed by atoms with Crippen molar-refractivity contribution < 1.29 is 19.7 Å². The summed E-state index contributed by atoms with van der Waals surface area (Å²) in [5, 5.41) is 24.5. The van der Waals surface area contributed by atoms with Crippen LogP contribution < -0.4 is 14.8 Å². The van der Waals surface area contributed by atoms with Gasteiger partial charge in [0.15, 0.2) is 6.23 Å². The number of aliphatic hydroxyl groups is 2. The Labute approximate surface area is 183 Å². The van der Waals surface area contributed by atoms with Crippen LogP contribution in [-0.4, -0.2) is 65.8 Å². The van der Waals surface area contributed by atoms with Crippen molar-refractivity contribution in [1.82, 2.24) is 10.2 Å². The van der Waals surface area contributed by atoms with Crippen LogP contribution in [0.15, 0.2) is 54.6 Å². The van der Waals surface area contributed by atoms with Crippen LogP contribution in [0.2, 0.25) is 5.02 Å². The van der Waals surface area contributed by atoms with E-state index in [9.17, 15) is 10.2 Å². The number of aliphatic hydroxyl groups excluding tert-OH is 2. The molecule has 1 saturated heterocycles. The Morgan fingerprint density at radius 1 is 1.03 bits per heavy atom. The van der Waals surface area contributed by atoms with E-state index in [-0.39, 0.29) is 6.61 Å². The molecule has 0 spiro atoms. The van der Waals surface area contributed by atoms with Crippen LogP contribution in [0, 0.1) is 0 Å². The summed E-state index contributed by atoms with van der Waals surface area (Å²) in [4.78, 5) is 2.16. The minimum atomic E-state index is -0.623. The second-order valence-corrected chi connectivity index (χ2v) is 8.14. The highest BCUT2D eigenvalue weighted by Gasteiger charge is 2.29. The Bertz CT molecular complexity index is 737. The van der Waals surface area contributed by atoms with Gasteiger partial charge in [0.1, 0.15) is 30.3 Å². The van der Waals surface area contributed by atoms with E-state index in [0.29, 0.717) is 23.4 Å². The number of nitrogens with zero attached hydrogens (tertiary/aromatic N) is 1. The lowest BCUT2D eigenvalue weighted by Crippen LogP contribution is -2.53. The van der Waals surface area contributed by atoms with Crippen LogP contribution in [0.1, 0.15) is 19.8 Å². The molecule has 1 fully saturated rings. The highest BCUT2D eigenvalue weighted by molar-refractivity contribution is 6.30. The number of nitrogens with one attached hydrogen (secondary N) is 1. The van der Waals surface area contributed by atoms with Gasteiger partial charge in [-0.3, -0.25) is 4.90 Å². The molecule has 0 aromatic heterocycles. The second kappa shape index (κ2) is 11.5. The fourth-order valence-electron chi connectivity index (χ4n) is 3.56. The molecule has 1 aliphatic rings. The number of likely N-dealkylation sites (tertiary alicyclic amines) is 1. The number of rotatable bonds is 10. The zero-order valence-corrected chi connectivity index (χ0v) is 18.0. The number of benzene rings is 2. The van der Waals surface area contributed by atoms with Gasteiger partial charge in [0.25, 0.3) is 0 Å². The van der Waals surface area contributed by atoms with E-state index in [0.717, 1.165) is 31.7 Å². The van der Waals surface area contributed by atoms with Crippen molar-refractivity contribution in [2.45, 2.75) is 44.2 Å². The molecule has 0 radical (unpaired) electrons. The molecule has 3 N–H and O–H groups in total. The smallest absolute Gasteiger partial charge is 0.178 e. The molecule has 2 aromatic carbocycles. The van der Waals surface area contributed by atoms with Gasteiger partial charge in [-0.1, -0.05) is 29.8 Å². The van der Waals surface area contributed by atoms with Gasteiger partial charge in [-0.25, -0.2) is 0 Å². The van der Waals surface area contributed by atoms with Crippen molar-refractivity contribution in [3.63, 3.8) is 0 Å². The molecule has 3 unspecified atom stereocenters. The fraction of sp³-hybridized carbons (Fsp3) is 0.478. The first-order valence-electron chi connectivity index (χ1n) is 10.4. The molecule has 0 amide bonds. The standard InChI is InChI=1S/C23H31ClN2O4/c1-17(27)23(30-22-9-7-18(24)8-10-22)26-13-11-19(12-14-26)25-15-20(28)16-29-21-5-3-2-4-6-21/h2-10,17,19-20,23,25,27-28H,11-16H2,1H3. The molecule has 7 heteroatoms. The highest BCUT2D eigenvalue weighted by atomic mass is 35.5. The zero-order valence-electron chi connectivity index (χ0n) is 17.3. The van der Waals surface area contributed by atoms with Crippen LogP contribution in [0.4, 0.5) is 0 Å². The van der Waals surface area contributed by atoms with E-state index < -0.39 is 18.4 Å². The Kier molecular flexibility index (Phi) is 8.78. The third-order valence-corrected chi connectivity index (χ3v) is 5.45. The van der Waals surface area contributed by atoms with Crippen LogP contribution in [-0.2, 0) is 0 Å². The molecule has 164 valence electrons. The minimum absolute atomic E-state index is 0.259. The Hall–Kier alpha value is -1.83. The first kappa shape index (κ1) is 22.8. The van der Waals surface area contributed by atoms with Gasteiger partial charge in [-0.15, -0.1) is 0 Å². The van der Waals surface area contributed by atoms with E-state index >= 15 is 0 Å². The summed E-state index contributed by atoms with van der Waals surface area (Å²) in [7, 11) is 0. The molecule has 0 saturated carbocycles. The van der Waals surface area contributed by atoms with Crippen molar-refractivity contribution in [1.29, 1.82) is 0 Å². The van der Waals surface area contributed by atoms with E-state index in [4.69, 9.17) is 21.1 Å². The van der Waals surface area contributed by atoms with Crippen LogP contribution in [0.5, 0.6) is 11.5 Å². The Balaban J connectivity index is 1.40. The van der Waals surface area contributed by atoms with Gasteiger partial charge in [-0.2, -0.15) is 0 Å². The Morgan fingerprint density at radius 2 is 1.70 bits per heavy atom. The lowest BCUT2D eigenvalue weighted by Gasteiger charge is -2.39. The molecule has 6 nitrogen and oxygen atoms in total. The van der Waals surface area contributed by atoms with Crippen molar-refractivity contribution >= 4 is 11.6 Å². The molecular weight excluding hydrogens is 404 g/mol. The van der Waals surface area contributed by atoms with E-state index in [1.54, 1.807) is 19.1 Å². The molecule has 3 atom stereocenters. The molecular formula is C23H31ClN2O4. The van der Waals surface area contributed by atoms with E-state index in [2.05, 4.69) is 10.2 Å². The first-order valence-corrected chi connectivity index (χ1v) is 10.8. The quantitative estimate of drug-likeness (QED) is 0.534. The van der Waals surface area contributed by atoms with Crippen LogP contribution in [0.25, 0.3) is 0 Å². The third-order valence-electron chi connectivity index (χ3n) is 5.20. The molecule has 2 aromatic rings. The highest BCUT2D eigenvalue weighted by Crippen LogP contribution is 2.21. The maximum atomic E-state index is 10.2. The number of halogens is 1. The predicted octanol–water partition coefficient (Wildman–Crippen LogP) is 2.92. The summed E-state index contributed by atoms with van der Waals surface area (Å²) < 4.78 is 11.6. The van der Waals surface area contributed by atoms with Crippen LogP contribution >= 0.6 is 11.6 Å². The topological polar surface area (TPSA) is 74.2 Å². The van der Waals surface area contributed by atoms with Gasteiger partial charge >= 0.3 is 0 Å². The van der Waals surface area contributed by atoms with Crippen molar-refractivity contribution in [3.05, 3.63) is 59.6 Å². The van der Waals surface area contributed by atoms with Gasteiger partial charge in [0, 0.05) is 30.7 Å². The number of hydrogen-bond donors (Lipinski definition) is 3. The molecule has 30 heavy (non-hydrogen) atoms. The Morgan fingerprint density at radius 3 is 2.33 bits per heavy atom. The van der Waals surface area contributed by atoms with E-state index in [1.165, 1.54) is 0 Å². The lowest BCUT2D eigenvalue weighted by molar-refractivity contribution is -0.0682. The zero-order chi connectivity index (χ0) is 21.3. The van der Waals surface area contributed by atoms with Gasteiger partial charge in [0.2, 0.25) is 0 Å². The summed E-state index contributed by atoms with van der Waals surface area (Å²) in [6.45, 7) is 4.09. The van der Waals surface area contributed by atoms with Gasteiger partial charge < -0.3 is 25.0 Å². The monoisotopic (exact) mass is 434 g/mol. The molecule has 3 rings (SSSR count). The molecule has 0 bridgehead atoms. The number of piperidine rings is 1. The van der Waals surface area contributed by atoms with E-state index in [1.807, 2.05) is 42.5 Å². The van der Waals surface area contributed by atoms with Crippen molar-refractivity contribution in [2.24, 2.45) is 0 Å². The first-order chi connectivity index (χ1) is 14.5.